The van der Waals surface area contributed by atoms with Crippen molar-refractivity contribution in [2.45, 2.75) is 45.6 Å². The largest absolute Gasteiger partial charge is 0.384 e. The molecule has 1 aliphatic heterocycles. The van der Waals surface area contributed by atoms with Crippen molar-refractivity contribution in [1.29, 1.82) is 0 Å². The molecule has 102 valence electrons. The Balaban J connectivity index is 2.13. The molecule has 1 fully saturated rings. The predicted molar refractivity (Wildman–Crippen MR) is 73.4 cm³/mol. The van der Waals surface area contributed by atoms with Crippen LogP contribution in [0.1, 0.15) is 39.5 Å². The molecule has 0 aliphatic carbocycles. The van der Waals surface area contributed by atoms with Gasteiger partial charge in [-0.3, -0.25) is 0 Å². The van der Waals surface area contributed by atoms with E-state index in [1.807, 2.05) is 7.11 Å². The number of hydrogen-bond donors (Lipinski definition) is 1. The molecular weight excluding hydrogens is 212 g/mol. The second-order valence-corrected chi connectivity index (χ2v) is 5.41. The van der Waals surface area contributed by atoms with Gasteiger partial charge in [-0.05, 0) is 58.2 Å². The fourth-order valence-corrected chi connectivity index (χ4v) is 2.60. The lowest BCUT2D eigenvalue weighted by atomic mass is 9.98. The summed E-state index contributed by atoms with van der Waals surface area (Å²) in [5, 5.41) is 3.56. The summed E-state index contributed by atoms with van der Waals surface area (Å²) in [6.07, 6.45) is 5.17. The third-order valence-corrected chi connectivity index (χ3v) is 3.63. The number of likely N-dealkylation sites (tertiary alicyclic amines) is 1. The summed E-state index contributed by atoms with van der Waals surface area (Å²) in [6.45, 7) is 10.3. The van der Waals surface area contributed by atoms with Gasteiger partial charge in [-0.25, -0.2) is 0 Å². The fourth-order valence-electron chi connectivity index (χ4n) is 2.60. The van der Waals surface area contributed by atoms with Crippen molar-refractivity contribution in [2.24, 2.45) is 5.92 Å². The van der Waals surface area contributed by atoms with Gasteiger partial charge in [0.05, 0.1) is 6.61 Å². The van der Waals surface area contributed by atoms with Crippen LogP contribution in [0.4, 0.5) is 0 Å². The standard InChI is InChI=1S/C14H30N2O/c1-4-8-15-13(2)7-10-16-9-5-6-14(11-16)12-17-3/h13-15H,4-12H2,1-3H3. The minimum Gasteiger partial charge on any atom is -0.384 e. The van der Waals surface area contributed by atoms with Gasteiger partial charge in [0, 0.05) is 19.7 Å². The van der Waals surface area contributed by atoms with E-state index < -0.39 is 0 Å². The first kappa shape index (κ1) is 14.9. The highest BCUT2D eigenvalue weighted by Crippen LogP contribution is 2.16. The van der Waals surface area contributed by atoms with E-state index in [4.69, 9.17) is 4.74 Å². The summed E-state index contributed by atoms with van der Waals surface area (Å²) < 4.78 is 5.27. The van der Waals surface area contributed by atoms with Crippen molar-refractivity contribution in [3.8, 4) is 0 Å². The zero-order valence-electron chi connectivity index (χ0n) is 11.9. The van der Waals surface area contributed by atoms with E-state index in [1.54, 1.807) is 0 Å². The van der Waals surface area contributed by atoms with E-state index >= 15 is 0 Å². The molecule has 1 saturated heterocycles. The lowest BCUT2D eigenvalue weighted by Crippen LogP contribution is -2.39. The van der Waals surface area contributed by atoms with Gasteiger partial charge in [0.25, 0.3) is 0 Å². The quantitative estimate of drug-likeness (QED) is 0.705. The van der Waals surface area contributed by atoms with Crippen LogP contribution in [0.25, 0.3) is 0 Å². The number of methoxy groups -OCH3 is 1. The first-order valence-electron chi connectivity index (χ1n) is 7.21. The van der Waals surface area contributed by atoms with Crippen LogP contribution >= 0.6 is 0 Å². The van der Waals surface area contributed by atoms with Crippen molar-refractivity contribution in [1.82, 2.24) is 10.2 Å². The third kappa shape index (κ3) is 6.39. The number of hydrogen-bond acceptors (Lipinski definition) is 3. The molecule has 0 aromatic heterocycles. The Morgan fingerprint density at radius 1 is 1.47 bits per heavy atom. The number of rotatable bonds is 8. The maximum Gasteiger partial charge on any atom is 0.0502 e. The molecule has 0 amide bonds. The van der Waals surface area contributed by atoms with E-state index in [0.29, 0.717) is 6.04 Å². The summed E-state index contributed by atoms with van der Waals surface area (Å²) in [7, 11) is 1.82. The summed E-state index contributed by atoms with van der Waals surface area (Å²) in [5.41, 5.74) is 0. The monoisotopic (exact) mass is 242 g/mol. The van der Waals surface area contributed by atoms with Crippen molar-refractivity contribution < 1.29 is 4.74 Å². The zero-order chi connectivity index (χ0) is 12.5. The number of piperidine rings is 1. The molecule has 2 atom stereocenters. The summed E-state index contributed by atoms with van der Waals surface area (Å²) in [4.78, 5) is 2.61. The lowest BCUT2D eigenvalue weighted by molar-refractivity contribution is 0.0889. The maximum absolute atomic E-state index is 5.27. The van der Waals surface area contributed by atoms with Gasteiger partial charge in [0.15, 0.2) is 0 Å². The molecule has 0 aromatic rings. The molecule has 0 aromatic carbocycles. The van der Waals surface area contributed by atoms with E-state index in [2.05, 4.69) is 24.1 Å². The highest BCUT2D eigenvalue weighted by molar-refractivity contribution is 4.74. The van der Waals surface area contributed by atoms with Gasteiger partial charge in [0.1, 0.15) is 0 Å². The molecule has 3 nitrogen and oxygen atoms in total. The Labute approximate surface area is 107 Å². The van der Waals surface area contributed by atoms with Crippen LogP contribution in [0.15, 0.2) is 0 Å². The van der Waals surface area contributed by atoms with Crippen LogP contribution in [-0.2, 0) is 4.74 Å². The highest BCUT2D eigenvalue weighted by atomic mass is 16.5. The molecule has 0 radical (unpaired) electrons. The van der Waals surface area contributed by atoms with Crippen LogP contribution in [0.5, 0.6) is 0 Å². The first-order valence-corrected chi connectivity index (χ1v) is 7.21. The summed E-state index contributed by atoms with van der Waals surface area (Å²) in [6, 6.07) is 0.651. The van der Waals surface area contributed by atoms with Crippen LogP contribution in [0.3, 0.4) is 0 Å². The Hall–Kier alpha value is -0.120. The normalized spacial score (nSPS) is 23.8. The smallest absolute Gasteiger partial charge is 0.0502 e. The van der Waals surface area contributed by atoms with Crippen LogP contribution in [0, 0.1) is 5.92 Å². The average molecular weight is 242 g/mol. The van der Waals surface area contributed by atoms with E-state index in [0.717, 1.165) is 19.1 Å². The Bertz CT molecular complexity index is 185. The Morgan fingerprint density at radius 2 is 2.29 bits per heavy atom. The molecule has 3 heteroatoms. The fraction of sp³-hybridized carbons (Fsp3) is 1.00. The average Bonchev–Trinajstić information content (AvgIpc) is 2.35. The topological polar surface area (TPSA) is 24.5 Å². The first-order chi connectivity index (χ1) is 8.26. The van der Waals surface area contributed by atoms with Gasteiger partial charge >= 0.3 is 0 Å². The van der Waals surface area contributed by atoms with Gasteiger partial charge in [-0.1, -0.05) is 6.92 Å². The molecule has 1 heterocycles. The van der Waals surface area contributed by atoms with E-state index in [1.165, 1.54) is 45.3 Å². The van der Waals surface area contributed by atoms with Crippen molar-refractivity contribution in [2.75, 3.05) is 39.9 Å². The number of nitrogens with zero attached hydrogens (tertiary/aromatic N) is 1. The van der Waals surface area contributed by atoms with E-state index in [9.17, 15) is 0 Å². The van der Waals surface area contributed by atoms with Crippen LogP contribution in [-0.4, -0.2) is 50.8 Å². The predicted octanol–water partition coefficient (Wildman–Crippen LogP) is 2.12. The van der Waals surface area contributed by atoms with Crippen molar-refractivity contribution in [3.05, 3.63) is 0 Å². The Kier molecular flexibility index (Phi) is 7.82. The van der Waals surface area contributed by atoms with Crippen molar-refractivity contribution >= 4 is 0 Å². The van der Waals surface area contributed by atoms with Gasteiger partial charge in [0.2, 0.25) is 0 Å². The highest BCUT2D eigenvalue weighted by Gasteiger charge is 2.19. The molecule has 0 saturated carbocycles. The number of nitrogens with one attached hydrogen (secondary N) is 1. The van der Waals surface area contributed by atoms with Crippen LogP contribution in [0.2, 0.25) is 0 Å². The van der Waals surface area contributed by atoms with Gasteiger partial charge in [-0.15, -0.1) is 0 Å². The van der Waals surface area contributed by atoms with Crippen molar-refractivity contribution in [3.63, 3.8) is 0 Å². The lowest BCUT2D eigenvalue weighted by Gasteiger charge is -2.33. The van der Waals surface area contributed by atoms with Gasteiger partial charge in [-0.2, -0.15) is 0 Å². The molecule has 2 unspecified atom stereocenters. The molecule has 1 rings (SSSR count). The number of ether oxygens (including phenoxy) is 1. The second kappa shape index (κ2) is 8.90. The molecule has 1 N–H and O–H groups in total. The molecular formula is C14H30N2O. The SMILES string of the molecule is CCCNC(C)CCN1CCCC(COC)C1. The summed E-state index contributed by atoms with van der Waals surface area (Å²) >= 11 is 0. The maximum atomic E-state index is 5.27. The van der Waals surface area contributed by atoms with E-state index in [-0.39, 0.29) is 0 Å². The molecule has 17 heavy (non-hydrogen) atoms. The molecule has 0 spiro atoms. The molecule has 0 bridgehead atoms. The summed E-state index contributed by atoms with van der Waals surface area (Å²) in [5.74, 6) is 0.757. The van der Waals surface area contributed by atoms with Gasteiger partial charge < -0.3 is 15.0 Å². The second-order valence-electron chi connectivity index (χ2n) is 5.41. The third-order valence-electron chi connectivity index (χ3n) is 3.63. The zero-order valence-corrected chi connectivity index (χ0v) is 11.9. The van der Waals surface area contributed by atoms with Crippen LogP contribution < -0.4 is 5.32 Å². The molecule has 1 aliphatic rings. The Morgan fingerprint density at radius 3 is 3.00 bits per heavy atom. The minimum atomic E-state index is 0.651. The minimum absolute atomic E-state index is 0.651.